The average Bonchev–Trinajstić information content (AvgIpc) is 2.85. The number of methoxy groups -OCH3 is 2. The normalized spacial score (nSPS) is 10.4. The first-order chi connectivity index (χ1) is 16.4. The Morgan fingerprint density at radius 3 is 2.29 bits per heavy atom. The molecule has 0 fully saturated rings. The molecule has 9 heteroatoms. The van der Waals surface area contributed by atoms with Crippen molar-refractivity contribution in [3.8, 4) is 17.2 Å². The van der Waals surface area contributed by atoms with Crippen molar-refractivity contribution in [3.05, 3.63) is 83.4 Å². The zero-order valence-electron chi connectivity index (χ0n) is 18.8. The predicted molar refractivity (Wildman–Crippen MR) is 126 cm³/mol. The van der Waals surface area contributed by atoms with Gasteiger partial charge >= 0.3 is 17.8 Å². The Balaban J connectivity index is 1.59. The molecule has 0 aromatic heterocycles. The fourth-order valence-corrected chi connectivity index (χ4v) is 2.86. The summed E-state index contributed by atoms with van der Waals surface area (Å²) < 4.78 is 15.8. The van der Waals surface area contributed by atoms with E-state index in [9.17, 15) is 14.4 Å². The van der Waals surface area contributed by atoms with Crippen LogP contribution >= 0.6 is 0 Å². The van der Waals surface area contributed by atoms with E-state index in [1.807, 2.05) is 13.0 Å². The van der Waals surface area contributed by atoms with Gasteiger partial charge in [0.15, 0.2) is 11.5 Å². The van der Waals surface area contributed by atoms with E-state index in [4.69, 9.17) is 14.2 Å². The lowest BCUT2D eigenvalue weighted by Crippen LogP contribution is -2.32. The van der Waals surface area contributed by atoms with Crippen LogP contribution in [0.3, 0.4) is 0 Å². The first-order valence-electron chi connectivity index (χ1n) is 10.1. The number of hydrogen-bond donors (Lipinski definition) is 2. The Morgan fingerprint density at radius 2 is 1.62 bits per heavy atom. The van der Waals surface area contributed by atoms with Gasteiger partial charge in [0.25, 0.3) is 0 Å². The largest absolute Gasteiger partial charge is 0.497 e. The first-order valence-corrected chi connectivity index (χ1v) is 10.1. The molecule has 9 nitrogen and oxygen atoms in total. The van der Waals surface area contributed by atoms with Gasteiger partial charge in [-0.25, -0.2) is 10.2 Å². The van der Waals surface area contributed by atoms with E-state index < -0.39 is 17.8 Å². The molecular formula is C25H23N3O6. The number of benzene rings is 3. The zero-order valence-corrected chi connectivity index (χ0v) is 18.8. The Kier molecular flexibility index (Phi) is 7.96. The molecule has 3 aromatic carbocycles. The molecule has 0 aliphatic heterocycles. The minimum Gasteiger partial charge on any atom is -0.497 e. The molecule has 0 spiro atoms. The molecule has 0 bridgehead atoms. The molecule has 0 radical (unpaired) electrons. The highest BCUT2D eigenvalue weighted by molar-refractivity contribution is 6.39. The van der Waals surface area contributed by atoms with E-state index in [1.165, 1.54) is 20.4 Å². The fraction of sp³-hybridized carbons (Fsp3) is 0.120. The number of hydrazone groups is 1. The van der Waals surface area contributed by atoms with Crippen LogP contribution < -0.4 is 25.0 Å². The van der Waals surface area contributed by atoms with Crippen molar-refractivity contribution < 1.29 is 28.6 Å². The number of aryl methyl sites for hydroxylation is 1. The quantitative estimate of drug-likeness (QED) is 0.183. The number of anilines is 1. The van der Waals surface area contributed by atoms with Crippen LogP contribution in [0.4, 0.5) is 5.69 Å². The van der Waals surface area contributed by atoms with E-state index in [2.05, 4.69) is 15.8 Å². The highest BCUT2D eigenvalue weighted by atomic mass is 16.6. The van der Waals surface area contributed by atoms with Gasteiger partial charge in [-0.2, -0.15) is 5.10 Å². The third kappa shape index (κ3) is 6.42. The van der Waals surface area contributed by atoms with Crippen molar-refractivity contribution in [2.45, 2.75) is 6.92 Å². The maximum atomic E-state index is 12.4. The Morgan fingerprint density at radius 1 is 0.853 bits per heavy atom. The third-order valence-electron chi connectivity index (χ3n) is 4.58. The highest BCUT2D eigenvalue weighted by Gasteiger charge is 2.14. The van der Waals surface area contributed by atoms with Crippen molar-refractivity contribution in [1.29, 1.82) is 0 Å². The lowest BCUT2D eigenvalue weighted by Gasteiger charge is -2.10. The van der Waals surface area contributed by atoms with Crippen LogP contribution in [0.15, 0.2) is 71.8 Å². The summed E-state index contributed by atoms with van der Waals surface area (Å²) in [5.41, 5.74) is 4.49. The Labute approximate surface area is 196 Å². The summed E-state index contributed by atoms with van der Waals surface area (Å²) in [7, 11) is 2.96. The molecule has 174 valence electrons. The molecule has 34 heavy (non-hydrogen) atoms. The van der Waals surface area contributed by atoms with E-state index in [0.717, 1.165) is 5.56 Å². The molecule has 0 heterocycles. The van der Waals surface area contributed by atoms with Crippen LogP contribution in [-0.4, -0.2) is 38.2 Å². The molecule has 2 N–H and O–H groups in total. The average molecular weight is 461 g/mol. The van der Waals surface area contributed by atoms with Crippen molar-refractivity contribution in [2.24, 2.45) is 5.10 Å². The summed E-state index contributed by atoms with van der Waals surface area (Å²) in [5, 5.41) is 6.24. The van der Waals surface area contributed by atoms with E-state index in [-0.39, 0.29) is 5.75 Å². The number of carbonyl (C=O) groups is 3. The van der Waals surface area contributed by atoms with Gasteiger partial charge in [-0.3, -0.25) is 9.59 Å². The number of esters is 1. The number of hydrogen-bond acceptors (Lipinski definition) is 7. The topological polar surface area (TPSA) is 115 Å². The lowest BCUT2D eigenvalue weighted by molar-refractivity contribution is -0.136. The summed E-state index contributed by atoms with van der Waals surface area (Å²) >= 11 is 0. The van der Waals surface area contributed by atoms with Gasteiger partial charge in [-0.15, -0.1) is 0 Å². The number of ether oxygens (including phenoxy) is 3. The smallest absolute Gasteiger partial charge is 0.343 e. The fourth-order valence-electron chi connectivity index (χ4n) is 2.86. The SMILES string of the molecule is COc1ccc(NC(=O)C(=O)N/N=C/c2ccc(OC(=O)c3cccc(C)c3)c(OC)c2)cc1. The van der Waals surface area contributed by atoms with Crippen LogP contribution in [0.5, 0.6) is 17.2 Å². The number of amides is 2. The predicted octanol–water partition coefficient (Wildman–Crippen LogP) is 3.32. The molecule has 2 amide bonds. The summed E-state index contributed by atoms with van der Waals surface area (Å²) in [6, 6.07) is 18.3. The van der Waals surface area contributed by atoms with E-state index in [0.29, 0.717) is 28.3 Å². The molecule has 0 aliphatic rings. The van der Waals surface area contributed by atoms with E-state index >= 15 is 0 Å². The minimum absolute atomic E-state index is 0.231. The monoisotopic (exact) mass is 461 g/mol. The van der Waals surface area contributed by atoms with Crippen molar-refractivity contribution in [1.82, 2.24) is 5.43 Å². The molecule has 0 unspecified atom stereocenters. The standard InChI is InChI=1S/C25H23N3O6/c1-16-5-4-6-18(13-16)25(31)34-21-12-7-17(14-22(21)33-3)15-26-28-24(30)23(29)27-19-8-10-20(32-2)11-9-19/h4-15H,1-3H3,(H,27,29)(H,28,30)/b26-15+. The molecule has 0 atom stereocenters. The number of nitrogens with zero attached hydrogens (tertiary/aromatic N) is 1. The second-order valence-corrected chi connectivity index (χ2v) is 7.05. The van der Waals surface area contributed by atoms with Crippen molar-refractivity contribution >= 4 is 29.7 Å². The molecular weight excluding hydrogens is 438 g/mol. The van der Waals surface area contributed by atoms with Gasteiger partial charge < -0.3 is 19.5 Å². The van der Waals surface area contributed by atoms with Crippen LogP contribution in [0.2, 0.25) is 0 Å². The Bertz CT molecular complexity index is 1220. The highest BCUT2D eigenvalue weighted by Crippen LogP contribution is 2.28. The van der Waals surface area contributed by atoms with Gasteiger partial charge in [-0.1, -0.05) is 17.7 Å². The van der Waals surface area contributed by atoms with Gasteiger partial charge in [0.1, 0.15) is 5.75 Å². The summed E-state index contributed by atoms with van der Waals surface area (Å²) in [6.07, 6.45) is 1.33. The number of rotatable bonds is 7. The van der Waals surface area contributed by atoms with Gasteiger partial charge in [-0.05, 0) is 67.1 Å². The van der Waals surface area contributed by atoms with Gasteiger partial charge in [0, 0.05) is 5.69 Å². The first kappa shape index (κ1) is 24.0. The molecule has 0 saturated carbocycles. The van der Waals surface area contributed by atoms with Crippen molar-refractivity contribution in [2.75, 3.05) is 19.5 Å². The third-order valence-corrected chi connectivity index (χ3v) is 4.58. The number of nitrogens with one attached hydrogen (secondary N) is 2. The second-order valence-electron chi connectivity index (χ2n) is 7.05. The van der Waals surface area contributed by atoms with Crippen LogP contribution in [0, 0.1) is 6.92 Å². The summed E-state index contributed by atoms with van der Waals surface area (Å²) in [4.78, 5) is 36.4. The van der Waals surface area contributed by atoms with Gasteiger partial charge in [0.05, 0.1) is 26.0 Å². The van der Waals surface area contributed by atoms with Crippen LogP contribution in [0.25, 0.3) is 0 Å². The lowest BCUT2D eigenvalue weighted by atomic mass is 10.1. The zero-order chi connectivity index (χ0) is 24.5. The maximum absolute atomic E-state index is 12.4. The van der Waals surface area contributed by atoms with Crippen LogP contribution in [0.1, 0.15) is 21.5 Å². The summed E-state index contributed by atoms with van der Waals surface area (Å²) in [5.74, 6) is -1.18. The summed E-state index contributed by atoms with van der Waals surface area (Å²) in [6.45, 7) is 1.88. The van der Waals surface area contributed by atoms with Gasteiger partial charge in [0.2, 0.25) is 0 Å². The van der Waals surface area contributed by atoms with Crippen LogP contribution in [-0.2, 0) is 9.59 Å². The molecule has 0 saturated heterocycles. The van der Waals surface area contributed by atoms with E-state index in [1.54, 1.807) is 60.7 Å². The second kappa shape index (κ2) is 11.3. The number of carbonyl (C=O) groups excluding carboxylic acids is 3. The minimum atomic E-state index is -0.942. The molecule has 0 aliphatic carbocycles. The Hall–Kier alpha value is -4.66. The van der Waals surface area contributed by atoms with Crippen molar-refractivity contribution in [3.63, 3.8) is 0 Å². The molecule has 3 rings (SSSR count). The molecule has 3 aromatic rings. The maximum Gasteiger partial charge on any atom is 0.343 e.